The molecule has 0 saturated heterocycles. The minimum absolute atomic E-state index is 0.141. The zero-order valence-electron chi connectivity index (χ0n) is 23.1. The van der Waals surface area contributed by atoms with Crippen LogP contribution in [-0.4, -0.2) is 17.4 Å². The van der Waals surface area contributed by atoms with Crippen LogP contribution in [0.4, 0.5) is 0 Å². The van der Waals surface area contributed by atoms with E-state index in [9.17, 15) is 9.90 Å². The van der Waals surface area contributed by atoms with Crippen LogP contribution in [-0.2, 0) is 6.42 Å². The molecule has 0 heterocycles. The lowest BCUT2D eigenvalue weighted by molar-refractivity contribution is 0.0978. The van der Waals surface area contributed by atoms with Crippen molar-refractivity contribution in [3.8, 4) is 5.75 Å². The molecule has 0 aliphatic carbocycles. The molecule has 202 valence electrons. The fourth-order valence-electron chi connectivity index (χ4n) is 5.05. The van der Waals surface area contributed by atoms with Crippen LogP contribution in [0.2, 0.25) is 0 Å². The number of unbranched alkanes of at least 4 members (excludes halogenated alkanes) is 20. The third-order valence-electron chi connectivity index (χ3n) is 7.31. The summed E-state index contributed by atoms with van der Waals surface area (Å²) in [5.74, 6) is 0.301. The summed E-state index contributed by atoms with van der Waals surface area (Å²) >= 11 is 0. The summed E-state index contributed by atoms with van der Waals surface area (Å²) in [4.78, 5) is 12.5. The van der Waals surface area contributed by atoms with Crippen molar-refractivity contribution in [2.24, 2.45) is 5.73 Å². The lowest BCUT2D eigenvalue weighted by atomic mass is 9.97. The van der Waals surface area contributed by atoms with Crippen molar-refractivity contribution in [3.05, 3.63) is 29.3 Å². The topological polar surface area (TPSA) is 63.3 Å². The number of aromatic hydroxyl groups is 1. The Kier molecular flexibility index (Phi) is 20.9. The van der Waals surface area contributed by atoms with E-state index >= 15 is 0 Å². The van der Waals surface area contributed by atoms with Gasteiger partial charge in [0.2, 0.25) is 0 Å². The third kappa shape index (κ3) is 17.7. The molecule has 3 N–H and O–H groups in total. The second-order valence-electron chi connectivity index (χ2n) is 10.6. The first-order valence-electron chi connectivity index (χ1n) is 15.2. The van der Waals surface area contributed by atoms with Gasteiger partial charge < -0.3 is 10.8 Å². The molecular weight excluding hydrogens is 430 g/mol. The third-order valence-corrected chi connectivity index (χ3v) is 7.31. The van der Waals surface area contributed by atoms with Crippen LogP contribution >= 0.6 is 0 Å². The number of nitrogens with two attached hydrogens (primary N) is 1. The molecule has 0 fully saturated rings. The first kappa shape index (κ1) is 31.7. The number of carbonyl (C=O) groups excluding carboxylic acids is 1. The van der Waals surface area contributed by atoms with E-state index in [-0.39, 0.29) is 11.5 Å². The summed E-state index contributed by atoms with van der Waals surface area (Å²) in [7, 11) is 0. The molecule has 0 aliphatic heterocycles. The predicted octanol–water partition coefficient (Wildman–Crippen LogP) is 9.68. The molecule has 35 heavy (non-hydrogen) atoms. The van der Waals surface area contributed by atoms with Gasteiger partial charge in [-0.25, -0.2) is 0 Å². The van der Waals surface area contributed by atoms with Crippen LogP contribution in [0.1, 0.15) is 164 Å². The second kappa shape index (κ2) is 23.1. The molecule has 1 aromatic carbocycles. The minimum atomic E-state index is 0.141. The van der Waals surface area contributed by atoms with E-state index in [1.165, 1.54) is 122 Å². The minimum Gasteiger partial charge on any atom is -0.508 e. The quantitative estimate of drug-likeness (QED) is 0.107. The zero-order valence-corrected chi connectivity index (χ0v) is 23.1. The predicted molar refractivity (Wildman–Crippen MR) is 152 cm³/mol. The van der Waals surface area contributed by atoms with Crippen molar-refractivity contribution in [1.29, 1.82) is 0 Å². The molecular formula is C32H57NO2. The van der Waals surface area contributed by atoms with E-state index in [4.69, 9.17) is 5.73 Å². The number of ketones is 1. The van der Waals surface area contributed by atoms with Gasteiger partial charge in [0, 0.05) is 12.0 Å². The lowest BCUT2D eigenvalue weighted by Gasteiger charge is -2.09. The van der Waals surface area contributed by atoms with Crippen LogP contribution in [0.15, 0.2) is 18.2 Å². The highest BCUT2D eigenvalue weighted by Crippen LogP contribution is 2.20. The summed E-state index contributed by atoms with van der Waals surface area (Å²) < 4.78 is 0. The van der Waals surface area contributed by atoms with Crippen LogP contribution in [0.25, 0.3) is 0 Å². The van der Waals surface area contributed by atoms with Crippen LogP contribution in [0, 0.1) is 0 Å². The fraction of sp³-hybridized carbons (Fsp3) is 0.781. The monoisotopic (exact) mass is 487 g/mol. The van der Waals surface area contributed by atoms with Gasteiger partial charge in [0.15, 0.2) is 5.78 Å². The highest BCUT2D eigenvalue weighted by Gasteiger charge is 2.11. The van der Waals surface area contributed by atoms with E-state index < -0.39 is 0 Å². The number of hydrogen-bond acceptors (Lipinski definition) is 3. The SMILES string of the molecule is CCCCCCCCCCCCCCCCCCCCCCCC(=O)c1cc(O)ccc1CCN. The normalized spacial score (nSPS) is 11.3. The van der Waals surface area contributed by atoms with Gasteiger partial charge >= 0.3 is 0 Å². The van der Waals surface area contributed by atoms with Crippen molar-refractivity contribution in [3.63, 3.8) is 0 Å². The Bertz CT molecular complexity index is 628. The van der Waals surface area contributed by atoms with Crippen LogP contribution < -0.4 is 5.73 Å². The Balaban J connectivity index is 1.85. The molecule has 1 aromatic rings. The molecule has 0 unspecified atom stereocenters. The Morgan fingerprint density at radius 1 is 0.657 bits per heavy atom. The van der Waals surface area contributed by atoms with Gasteiger partial charge in [0.05, 0.1) is 0 Å². The molecule has 0 bridgehead atoms. The highest BCUT2D eigenvalue weighted by molar-refractivity contribution is 5.97. The maximum atomic E-state index is 12.5. The summed E-state index contributed by atoms with van der Waals surface area (Å²) in [5.41, 5.74) is 7.26. The molecule has 0 aliphatic rings. The number of hydrogen-bond donors (Lipinski definition) is 2. The van der Waals surface area contributed by atoms with Crippen molar-refractivity contribution in [1.82, 2.24) is 0 Å². The molecule has 0 amide bonds. The summed E-state index contributed by atoms with van der Waals surface area (Å²) in [6.45, 7) is 2.81. The van der Waals surface area contributed by atoms with E-state index in [0.717, 1.165) is 18.4 Å². The molecule has 0 aromatic heterocycles. The van der Waals surface area contributed by atoms with E-state index in [1.807, 2.05) is 6.07 Å². The molecule has 0 radical (unpaired) electrons. The average Bonchev–Trinajstić information content (AvgIpc) is 2.86. The Morgan fingerprint density at radius 3 is 1.46 bits per heavy atom. The van der Waals surface area contributed by atoms with E-state index in [1.54, 1.807) is 12.1 Å². The van der Waals surface area contributed by atoms with Crippen molar-refractivity contribution < 1.29 is 9.90 Å². The lowest BCUT2D eigenvalue weighted by Crippen LogP contribution is -2.09. The van der Waals surface area contributed by atoms with E-state index in [2.05, 4.69) is 6.92 Å². The smallest absolute Gasteiger partial charge is 0.163 e. The first-order valence-corrected chi connectivity index (χ1v) is 15.2. The number of carbonyl (C=O) groups is 1. The van der Waals surface area contributed by atoms with Gasteiger partial charge in [0.25, 0.3) is 0 Å². The Labute approximate surface area is 217 Å². The number of phenolic OH excluding ortho intramolecular Hbond substituents is 1. The van der Waals surface area contributed by atoms with Gasteiger partial charge in [-0.15, -0.1) is 0 Å². The summed E-state index contributed by atoms with van der Waals surface area (Å²) in [5, 5.41) is 9.72. The first-order chi connectivity index (χ1) is 17.2. The Hall–Kier alpha value is -1.35. The van der Waals surface area contributed by atoms with Gasteiger partial charge in [-0.3, -0.25) is 4.79 Å². The zero-order chi connectivity index (χ0) is 25.4. The van der Waals surface area contributed by atoms with Gasteiger partial charge in [-0.2, -0.15) is 0 Å². The van der Waals surface area contributed by atoms with Crippen LogP contribution in [0.3, 0.4) is 0 Å². The number of phenols is 1. The van der Waals surface area contributed by atoms with Crippen molar-refractivity contribution in [2.45, 2.75) is 155 Å². The number of Topliss-reactive ketones (excluding diaryl/α,β-unsaturated/α-hetero) is 1. The molecule has 0 atom stereocenters. The van der Waals surface area contributed by atoms with Gasteiger partial charge in [0.1, 0.15) is 5.75 Å². The maximum absolute atomic E-state index is 12.5. The molecule has 0 saturated carbocycles. The average molecular weight is 488 g/mol. The second-order valence-corrected chi connectivity index (χ2v) is 10.6. The van der Waals surface area contributed by atoms with Crippen molar-refractivity contribution in [2.75, 3.05) is 6.54 Å². The summed E-state index contributed by atoms with van der Waals surface area (Å²) in [6.07, 6.45) is 30.0. The van der Waals surface area contributed by atoms with Gasteiger partial charge in [-0.05, 0) is 37.1 Å². The molecule has 3 heteroatoms. The number of benzene rings is 1. The number of rotatable bonds is 25. The highest BCUT2D eigenvalue weighted by atomic mass is 16.3. The fourth-order valence-corrected chi connectivity index (χ4v) is 5.05. The van der Waals surface area contributed by atoms with Crippen molar-refractivity contribution >= 4 is 5.78 Å². The largest absolute Gasteiger partial charge is 0.508 e. The van der Waals surface area contributed by atoms with Gasteiger partial charge in [-0.1, -0.05) is 141 Å². The van der Waals surface area contributed by atoms with E-state index in [0.29, 0.717) is 24.9 Å². The molecule has 0 spiro atoms. The standard InChI is InChI=1S/C32H57NO2/c1-2-3-4-5-6-7-8-9-10-11-12-13-14-15-16-17-18-19-20-21-22-23-32(35)31-28-30(34)25-24-29(31)26-27-33/h24-25,28,34H,2-23,26-27,33H2,1H3. The molecule has 1 rings (SSSR count). The van der Waals surface area contributed by atoms with Crippen LogP contribution in [0.5, 0.6) is 5.75 Å². The Morgan fingerprint density at radius 2 is 1.06 bits per heavy atom. The summed E-state index contributed by atoms with van der Waals surface area (Å²) in [6, 6.07) is 5.07. The molecule has 3 nitrogen and oxygen atoms in total. The maximum Gasteiger partial charge on any atom is 0.163 e.